The van der Waals surface area contributed by atoms with Crippen molar-refractivity contribution < 1.29 is 0 Å². The van der Waals surface area contributed by atoms with Crippen molar-refractivity contribution in [1.29, 1.82) is 0 Å². The Morgan fingerprint density at radius 1 is 1.73 bits per heavy atom. The monoisotopic (exact) mass is 151 g/mol. The number of nitrogens with zero attached hydrogens (tertiary/aromatic N) is 1. The molecule has 0 saturated carbocycles. The van der Waals surface area contributed by atoms with E-state index < -0.39 is 0 Å². The predicted molar refractivity (Wildman–Crippen MR) is 47.1 cm³/mol. The maximum Gasteiger partial charge on any atom is 0.117 e. The molecule has 0 saturated heterocycles. The lowest BCUT2D eigenvalue weighted by molar-refractivity contribution is 0.805. The van der Waals surface area contributed by atoms with Gasteiger partial charge < -0.3 is 11.5 Å². The van der Waals surface area contributed by atoms with E-state index in [4.69, 9.17) is 11.5 Å². The van der Waals surface area contributed by atoms with E-state index in [0.717, 1.165) is 11.3 Å². The standard InChI is InChI=1S/C8H13N3/c1-6(4-9)5-11-8(2)3-7(8)10/h3-5H,9-10H2,1-2H3. The highest BCUT2D eigenvalue weighted by Crippen LogP contribution is 2.33. The Morgan fingerprint density at radius 2 is 2.27 bits per heavy atom. The third kappa shape index (κ3) is 1.61. The van der Waals surface area contributed by atoms with Crippen LogP contribution in [0, 0.1) is 0 Å². The lowest BCUT2D eigenvalue weighted by atomic mass is 10.2. The summed E-state index contributed by atoms with van der Waals surface area (Å²) >= 11 is 0. The second kappa shape index (κ2) is 2.42. The van der Waals surface area contributed by atoms with E-state index in [-0.39, 0.29) is 5.54 Å². The molecule has 0 fully saturated rings. The molecule has 0 heterocycles. The molecular formula is C8H13N3. The summed E-state index contributed by atoms with van der Waals surface area (Å²) in [5.41, 5.74) is 12.3. The van der Waals surface area contributed by atoms with Gasteiger partial charge >= 0.3 is 0 Å². The SMILES string of the molecule is CC(C=NC1(C)C=C1N)=CN. The van der Waals surface area contributed by atoms with Crippen LogP contribution in [0.4, 0.5) is 0 Å². The molecule has 0 aromatic heterocycles. The molecule has 0 spiro atoms. The normalized spacial score (nSPS) is 30.7. The first-order chi connectivity index (χ1) is 5.08. The molecule has 0 bridgehead atoms. The molecule has 0 aromatic carbocycles. The van der Waals surface area contributed by atoms with Gasteiger partial charge in [-0.1, -0.05) is 0 Å². The average molecular weight is 151 g/mol. The van der Waals surface area contributed by atoms with Crippen molar-refractivity contribution in [1.82, 2.24) is 0 Å². The molecule has 0 amide bonds. The quantitative estimate of drug-likeness (QED) is 0.565. The van der Waals surface area contributed by atoms with Crippen molar-refractivity contribution in [3.8, 4) is 0 Å². The van der Waals surface area contributed by atoms with Gasteiger partial charge in [0.05, 0.1) is 0 Å². The minimum atomic E-state index is -0.218. The lowest BCUT2D eigenvalue weighted by Gasteiger charge is -2.01. The predicted octanol–water partition coefficient (Wildman–Crippen LogP) is 0.535. The molecule has 0 aliphatic heterocycles. The Morgan fingerprint density at radius 3 is 2.64 bits per heavy atom. The summed E-state index contributed by atoms with van der Waals surface area (Å²) in [6, 6.07) is 0. The first-order valence-corrected chi connectivity index (χ1v) is 3.51. The summed E-state index contributed by atoms with van der Waals surface area (Å²) in [5, 5.41) is 0. The zero-order valence-electron chi connectivity index (χ0n) is 6.83. The van der Waals surface area contributed by atoms with E-state index in [0.29, 0.717) is 0 Å². The minimum absolute atomic E-state index is 0.218. The van der Waals surface area contributed by atoms with Crippen molar-refractivity contribution >= 4 is 6.21 Å². The second-order valence-electron chi connectivity index (χ2n) is 2.92. The fourth-order valence-electron chi connectivity index (χ4n) is 0.657. The molecular weight excluding hydrogens is 138 g/mol. The van der Waals surface area contributed by atoms with E-state index in [2.05, 4.69) is 4.99 Å². The van der Waals surface area contributed by atoms with Crippen molar-refractivity contribution in [2.75, 3.05) is 0 Å². The summed E-state index contributed by atoms with van der Waals surface area (Å²) in [6.07, 6.45) is 5.16. The van der Waals surface area contributed by atoms with Crippen molar-refractivity contribution in [3.05, 3.63) is 23.5 Å². The maximum absolute atomic E-state index is 5.53. The van der Waals surface area contributed by atoms with Crippen molar-refractivity contribution in [2.45, 2.75) is 19.4 Å². The highest BCUT2D eigenvalue weighted by atomic mass is 15.0. The van der Waals surface area contributed by atoms with Crippen LogP contribution >= 0.6 is 0 Å². The molecule has 1 unspecified atom stereocenters. The van der Waals surface area contributed by atoms with Crippen LogP contribution in [0.5, 0.6) is 0 Å². The van der Waals surface area contributed by atoms with Crippen LogP contribution in [0.2, 0.25) is 0 Å². The molecule has 11 heavy (non-hydrogen) atoms. The van der Waals surface area contributed by atoms with E-state index >= 15 is 0 Å². The number of aliphatic imine (C=N–C) groups is 1. The molecule has 3 nitrogen and oxygen atoms in total. The molecule has 0 radical (unpaired) electrons. The Kier molecular flexibility index (Phi) is 1.72. The highest BCUT2D eigenvalue weighted by Gasteiger charge is 2.35. The van der Waals surface area contributed by atoms with E-state index in [1.165, 1.54) is 6.20 Å². The van der Waals surface area contributed by atoms with Crippen molar-refractivity contribution in [3.63, 3.8) is 0 Å². The van der Waals surface area contributed by atoms with Crippen LogP contribution in [-0.2, 0) is 0 Å². The zero-order valence-corrected chi connectivity index (χ0v) is 6.83. The molecule has 60 valence electrons. The van der Waals surface area contributed by atoms with Crippen LogP contribution in [0.1, 0.15) is 13.8 Å². The summed E-state index contributed by atoms with van der Waals surface area (Å²) in [4.78, 5) is 4.23. The Balaban J connectivity index is 2.50. The van der Waals surface area contributed by atoms with Gasteiger partial charge in [-0.2, -0.15) is 0 Å². The van der Waals surface area contributed by atoms with Crippen LogP contribution in [0.25, 0.3) is 0 Å². The van der Waals surface area contributed by atoms with E-state index in [9.17, 15) is 0 Å². The first-order valence-electron chi connectivity index (χ1n) is 3.51. The van der Waals surface area contributed by atoms with Gasteiger partial charge in [0.15, 0.2) is 0 Å². The van der Waals surface area contributed by atoms with Gasteiger partial charge in [0.1, 0.15) is 5.54 Å². The molecule has 0 aromatic rings. The molecule has 1 aliphatic rings. The first kappa shape index (κ1) is 7.85. The lowest BCUT2D eigenvalue weighted by Crippen LogP contribution is -2.08. The smallest absolute Gasteiger partial charge is 0.117 e. The molecule has 1 rings (SSSR count). The van der Waals surface area contributed by atoms with Gasteiger partial charge in [0.25, 0.3) is 0 Å². The Bertz CT molecular complexity index is 250. The van der Waals surface area contributed by atoms with Gasteiger partial charge in [0, 0.05) is 11.9 Å². The zero-order chi connectivity index (χ0) is 8.48. The van der Waals surface area contributed by atoms with Crippen LogP contribution in [0.15, 0.2) is 28.5 Å². The number of hydrogen-bond acceptors (Lipinski definition) is 3. The van der Waals surface area contributed by atoms with Crippen LogP contribution in [0.3, 0.4) is 0 Å². The van der Waals surface area contributed by atoms with E-state index in [1.807, 2.05) is 19.9 Å². The van der Waals surface area contributed by atoms with E-state index in [1.54, 1.807) is 6.21 Å². The molecule has 4 N–H and O–H groups in total. The summed E-state index contributed by atoms with van der Waals surface area (Å²) in [7, 11) is 0. The summed E-state index contributed by atoms with van der Waals surface area (Å²) < 4.78 is 0. The van der Waals surface area contributed by atoms with Gasteiger partial charge in [-0.15, -0.1) is 0 Å². The number of nitrogens with two attached hydrogens (primary N) is 2. The topological polar surface area (TPSA) is 64.4 Å². The third-order valence-electron chi connectivity index (χ3n) is 1.74. The van der Waals surface area contributed by atoms with Gasteiger partial charge in [0.2, 0.25) is 0 Å². The Hall–Kier alpha value is -1.25. The van der Waals surface area contributed by atoms with Gasteiger partial charge in [-0.05, 0) is 31.7 Å². The minimum Gasteiger partial charge on any atom is -0.404 e. The number of rotatable bonds is 2. The highest BCUT2D eigenvalue weighted by molar-refractivity contribution is 5.79. The fraction of sp³-hybridized carbons (Fsp3) is 0.375. The molecule has 1 aliphatic carbocycles. The summed E-state index contributed by atoms with van der Waals surface area (Å²) in [6.45, 7) is 3.86. The number of allylic oxidation sites excluding steroid dienone is 1. The molecule has 1 atom stereocenters. The van der Waals surface area contributed by atoms with Gasteiger partial charge in [-0.25, -0.2) is 0 Å². The second-order valence-corrected chi connectivity index (χ2v) is 2.92. The molecule has 3 heteroatoms. The van der Waals surface area contributed by atoms with Crippen molar-refractivity contribution in [2.24, 2.45) is 16.5 Å². The fourth-order valence-corrected chi connectivity index (χ4v) is 0.657. The number of hydrogen-bond donors (Lipinski definition) is 2. The average Bonchev–Trinajstić information content (AvgIpc) is 2.56. The van der Waals surface area contributed by atoms with Gasteiger partial charge in [-0.3, -0.25) is 4.99 Å². The summed E-state index contributed by atoms with van der Waals surface area (Å²) in [5.74, 6) is 0. The largest absolute Gasteiger partial charge is 0.404 e. The van der Waals surface area contributed by atoms with Crippen LogP contribution in [-0.4, -0.2) is 11.8 Å². The Labute approximate surface area is 66.5 Å². The third-order valence-corrected chi connectivity index (χ3v) is 1.74. The maximum atomic E-state index is 5.53. The van der Waals surface area contributed by atoms with Crippen LogP contribution < -0.4 is 11.5 Å².